The molecule has 130 valence electrons. The van der Waals surface area contributed by atoms with E-state index in [4.69, 9.17) is 14.8 Å². The van der Waals surface area contributed by atoms with E-state index in [-0.39, 0.29) is 0 Å². The smallest absolute Gasteiger partial charge is 0.211 e. The van der Waals surface area contributed by atoms with Crippen LogP contribution in [0.1, 0.15) is 5.56 Å². The molecule has 0 saturated carbocycles. The molecule has 3 heterocycles. The summed E-state index contributed by atoms with van der Waals surface area (Å²) in [5, 5.41) is 13.0. The fourth-order valence-corrected chi connectivity index (χ4v) is 4.61. The van der Waals surface area contributed by atoms with Gasteiger partial charge in [-0.3, -0.25) is 0 Å². The molecule has 0 aliphatic heterocycles. The number of thiazole rings is 1. The van der Waals surface area contributed by atoms with Gasteiger partial charge in [-0.15, -0.1) is 22.7 Å². The summed E-state index contributed by atoms with van der Waals surface area (Å²) in [6.45, 7) is 0. The van der Waals surface area contributed by atoms with Crippen molar-refractivity contribution in [2.24, 2.45) is 10.1 Å². The second kappa shape index (κ2) is 7.82. The number of thiophene rings is 2. The topological polar surface area (TPSA) is 38.9 Å². The first-order valence-corrected chi connectivity index (χ1v) is 10.5. The average molecular weight is 398 g/mol. The van der Waals surface area contributed by atoms with Gasteiger partial charge in [-0.1, -0.05) is 12.1 Å². The number of rotatable bonds is 5. The van der Waals surface area contributed by atoms with Crippen LogP contribution in [0.4, 0.5) is 5.69 Å². The Morgan fingerprint density at radius 3 is 2.77 bits per heavy atom. The molecule has 4 aromatic rings. The molecule has 26 heavy (non-hydrogen) atoms. The zero-order valence-corrected chi connectivity index (χ0v) is 16.4. The van der Waals surface area contributed by atoms with Crippen LogP contribution in [-0.2, 0) is 0 Å². The third kappa shape index (κ3) is 3.70. The largest absolute Gasteiger partial charge is 0.497 e. The molecule has 3 aromatic heterocycles. The lowest BCUT2D eigenvalue weighted by Gasteiger charge is -2.02. The van der Waals surface area contributed by atoms with Crippen molar-refractivity contribution in [2.45, 2.75) is 0 Å². The summed E-state index contributed by atoms with van der Waals surface area (Å²) in [5.74, 6) is 0.787. The zero-order valence-electron chi connectivity index (χ0n) is 13.9. The van der Waals surface area contributed by atoms with Crippen molar-refractivity contribution in [2.75, 3.05) is 7.11 Å². The van der Waals surface area contributed by atoms with Crippen LogP contribution in [0.2, 0.25) is 0 Å². The maximum Gasteiger partial charge on any atom is 0.211 e. The minimum absolute atomic E-state index is 0.787. The normalized spacial score (nSPS) is 12.1. The van der Waals surface area contributed by atoms with Gasteiger partial charge in [0, 0.05) is 17.0 Å². The number of nitrogens with zero attached hydrogens (tertiary/aromatic N) is 3. The van der Waals surface area contributed by atoms with E-state index in [2.05, 4.69) is 22.2 Å². The quantitative estimate of drug-likeness (QED) is 0.412. The van der Waals surface area contributed by atoms with E-state index in [0.29, 0.717) is 0 Å². The molecule has 0 aliphatic carbocycles. The number of benzene rings is 1. The first-order chi connectivity index (χ1) is 12.8. The predicted octanol–water partition coefficient (Wildman–Crippen LogP) is 5.46. The Labute approximate surface area is 163 Å². The molecule has 0 unspecified atom stereocenters. The Balaban J connectivity index is 1.82. The molecule has 4 rings (SSSR count). The first-order valence-electron chi connectivity index (χ1n) is 7.83. The molecule has 0 N–H and O–H groups in total. The van der Waals surface area contributed by atoms with E-state index < -0.39 is 0 Å². The van der Waals surface area contributed by atoms with Gasteiger partial charge in [-0.05, 0) is 40.4 Å². The van der Waals surface area contributed by atoms with Crippen molar-refractivity contribution in [1.29, 1.82) is 0 Å². The summed E-state index contributed by atoms with van der Waals surface area (Å²) in [6.07, 6.45) is 1.87. The van der Waals surface area contributed by atoms with Crippen LogP contribution in [0.25, 0.3) is 10.6 Å². The van der Waals surface area contributed by atoms with Gasteiger partial charge in [0.15, 0.2) is 0 Å². The van der Waals surface area contributed by atoms with E-state index in [1.165, 1.54) is 0 Å². The van der Waals surface area contributed by atoms with Crippen molar-refractivity contribution in [1.82, 2.24) is 4.68 Å². The van der Waals surface area contributed by atoms with Crippen molar-refractivity contribution < 1.29 is 4.74 Å². The van der Waals surface area contributed by atoms with Crippen molar-refractivity contribution in [3.63, 3.8) is 0 Å². The van der Waals surface area contributed by atoms with Gasteiger partial charge in [-0.2, -0.15) is 16.4 Å². The number of hydrogen-bond acceptors (Lipinski definition) is 6. The van der Waals surface area contributed by atoms with Gasteiger partial charge in [0.25, 0.3) is 0 Å². The lowest BCUT2D eigenvalue weighted by atomic mass is 10.3. The lowest BCUT2D eigenvalue weighted by Crippen LogP contribution is -2.11. The Morgan fingerprint density at radius 2 is 2.00 bits per heavy atom. The molecule has 0 atom stereocenters. The minimum Gasteiger partial charge on any atom is -0.497 e. The summed E-state index contributed by atoms with van der Waals surface area (Å²) in [5.41, 5.74) is 2.96. The number of methoxy groups -OCH3 is 1. The molecule has 0 amide bonds. The lowest BCUT2D eigenvalue weighted by molar-refractivity contribution is 0.415. The second-order valence-corrected chi connectivity index (χ2v) is 7.87. The highest BCUT2D eigenvalue weighted by Crippen LogP contribution is 2.26. The Morgan fingerprint density at radius 1 is 1.04 bits per heavy atom. The van der Waals surface area contributed by atoms with Gasteiger partial charge >= 0.3 is 0 Å². The van der Waals surface area contributed by atoms with Crippen LogP contribution in [0, 0.1) is 0 Å². The number of ether oxygens (including phenoxy) is 1. The van der Waals surface area contributed by atoms with E-state index in [1.54, 1.807) is 41.1 Å². The highest BCUT2D eigenvalue weighted by molar-refractivity contribution is 7.14. The van der Waals surface area contributed by atoms with Gasteiger partial charge in [0.2, 0.25) is 4.80 Å². The average Bonchev–Trinajstić information content (AvgIpc) is 3.42. The van der Waals surface area contributed by atoms with Gasteiger partial charge in [0.05, 0.1) is 29.6 Å². The molecule has 0 radical (unpaired) electrons. The van der Waals surface area contributed by atoms with Crippen LogP contribution in [0.15, 0.2) is 74.1 Å². The summed E-state index contributed by atoms with van der Waals surface area (Å²) >= 11 is 4.92. The van der Waals surface area contributed by atoms with Crippen LogP contribution in [-0.4, -0.2) is 18.0 Å². The summed E-state index contributed by atoms with van der Waals surface area (Å²) in [4.78, 5) is 6.75. The van der Waals surface area contributed by atoms with E-state index >= 15 is 0 Å². The van der Waals surface area contributed by atoms with Gasteiger partial charge in [0.1, 0.15) is 5.75 Å². The molecule has 0 aliphatic rings. The van der Waals surface area contributed by atoms with Crippen molar-refractivity contribution in [3.05, 3.63) is 74.3 Å². The molecule has 1 aromatic carbocycles. The third-order valence-electron chi connectivity index (χ3n) is 3.60. The molecule has 0 spiro atoms. The second-order valence-electron chi connectivity index (χ2n) is 5.31. The Hall–Kier alpha value is -2.48. The molecule has 4 nitrogen and oxygen atoms in total. The molecular weight excluding hydrogens is 382 g/mol. The summed E-state index contributed by atoms with van der Waals surface area (Å²) in [7, 11) is 1.66. The van der Waals surface area contributed by atoms with E-state index in [1.807, 2.05) is 52.7 Å². The first kappa shape index (κ1) is 17.0. The third-order valence-corrected chi connectivity index (χ3v) is 6.01. The molecule has 0 saturated heterocycles. The number of hydrogen-bond donors (Lipinski definition) is 0. The summed E-state index contributed by atoms with van der Waals surface area (Å²) < 4.78 is 7.19. The van der Waals surface area contributed by atoms with Crippen LogP contribution >= 0.6 is 34.0 Å². The zero-order chi connectivity index (χ0) is 17.8. The maximum atomic E-state index is 5.29. The summed E-state index contributed by atoms with van der Waals surface area (Å²) in [6, 6.07) is 13.9. The minimum atomic E-state index is 0.787. The SMILES string of the molecule is COc1cccc(N=c2scc(-c3cccs3)n2N=Cc2ccsc2)c1. The van der Waals surface area contributed by atoms with Crippen molar-refractivity contribution in [3.8, 4) is 16.3 Å². The predicted molar refractivity (Wildman–Crippen MR) is 111 cm³/mol. The number of aromatic nitrogens is 1. The van der Waals surface area contributed by atoms with Crippen LogP contribution in [0.3, 0.4) is 0 Å². The van der Waals surface area contributed by atoms with Crippen LogP contribution < -0.4 is 9.54 Å². The maximum absolute atomic E-state index is 5.29. The van der Waals surface area contributed by atoms with Gasteiger partial charge < -0.3 is 4.74 Å². The van der Waals surface area contributed by atoms with Crippen molar-refractivity contribution >= 4 is 45.9 Å². The van der Waals surface area contributed by atoms with Gasteiger partial charge in [-0.25, -0.2) is 9.67 Å². The fraction of sp³-hybridized carbons (Fsp3) is 0.0526. The Kier molecular flexibility index (Phi) is 5.10. The van der Waals surface area contributed by atoms with Crippen LogP contribution in [0.5, 0.6) is 5.75 Å². The highest BCUT2D eigenvalue weighted by atomic mass is 32.1. The molecular formula is C19H15N3OS3. The van der Waals surface area contributed by atoms with E-state index in [0.717, 1.165) is 32.4 Å². The molecule has 7 heteroatoms. The monoisotopic (exact) mass is 397 g/mol. The molecule has 0 fully saturated rings. The Bertz CT molecular complexity index is 1070. The molecule has 0 bridgehead atoms. The highest BCUT2D eigenvalue weighted by Gasteiger charge is 2.08. The van der Waals surface area contributed by atoms with E-state index in [9.17, 15) is 0 Å². The standard InChI is InChI=1S/C19H15N3OS3/c1-23-16-5-2-4-15(10-16)21-19-22(20-11-14-7-9-24-12-14)17(13-26-19)18-6-3-8-25-18/h2-13H,1H3. The fourth-order valence-electron chi connectivity index (χ4n) is 2.35.